The Morgan fingerprint density at radius 1 is 1.29 bits per heavy atom. The molecular formula is C17H26N4O2S. The first-order chi connectivity index (χ1) is 11.6. The van der Waals surface area contributed by atoms with Gasteiger partial charge in [-0.2, -0.15) is 4.31 Å². The van der Waals surface area contributed by atoms with E-state index in [0.29, 0.717) is 37.0 Å². The van der Waals surface area contributed by atoms with Crippen LogP contribution in [0, 0.1) is 0 Å². The van der Waals surface area contributed by atoms with E-state index >= 15 is 0 Å². The molecule has 0 saturated carbocycles. The number of piperidine rings is 1. The van der Waals surface area contributed by atoms with Gasteiger partial charge in [-0.25, -0.2) is 8.42 Å². The number of rotatable bonds is 6. The molecule has 1 aromatic carbocycles. The van der Waals surface area contributed by atoms with Crippen molar-refractivity contribution in [3.05, 3.63) is 42.5 Å². The summed E-state index contributed by atoms with van der Waals surface area (Å²) in [4.78, 5) is 4.46. The van der Waals surface area contributed by atoms with Crippen LogP contribution in [0.3, 0.4) is 0 Å². The van der Waals surface area contributed by atoms with Crippen molar-refractivity contribution in [2.45, 2.75) is 30.7 Å². The second-order valence-electron chi connectivity index (χ2n) is 5.71. The van der Waals surface area contributed by atoms with Crippen LogP contribution in [0.5, 0.6) is 0 Å². The second kappa shape index (κ2) is 8.84. The lowest BCUT2D eigenvalue weighted by Crippen LogP contribution is -2.37. The van der Waals surface area contributed by atoms with Crippen molar-refractivity contribution < 1.29 is 8.42 Å². The maximum absolute atomic E-state index is 12.7. The van der Waals surface area contributed by atoms with Gasteiger partial charge in [0.25, 0.3) is 0 Å². The molecule has 0 aliphatic carbocycles. The fourth-order valence-electron chi connectivity index (χ4n) is 2.65. The molecule has 2 rings (SSSR count). The van der Waals surface area contributed by atoms with Crippen molar-refractivity contribution in [2.24, 2.45) is 4.99 Å². The highest BCUT2D eigenvalue weighted by molar-refractivity contribution is 7.89. The topological polar surface area (TPSA) is 73.8 Å². The summed E-state index contributed by atoms with van der Waals surface area (Å²) in [5.74, 6) is 0.652. The molecular weight excluding hydrogens is 324 g/mol. The van der Waals surface area contributed by atoms with E-state index in [2.05, 4.69) is 22.2 Å². The average Bonchev–Trinajstić information content (AvgIpc) is 2.63. The SMILES string of the molecule is C=CCNC(=NC)NCc1cccc(S(=O)(=O)N2CCCCC2)c1. The lowest BCUT2D eigenvalue weighted by atomic mass is 10.2. The Morgan fingerprint density at radius 2 is 2.04 bits per heavy atom. The van der Waals surface area contributed by atoms with E-state index in [4.69, 9.17) is 0 Å². The Labute approximate surface area is 144 Å². The summed E-state index contributed by atoms with van der Waals surface area (Å²) < 4.78 is 27.1. The van der Waals surface area contributed by atoms with Crippen LogP contribution in [0.1, 0.15) is 24.8 Å². The van der Waals surface area contributed by atoms with Crippen molar-refractivity contribution in [3.8, 4) is 0 Å². The largest absolute Gasteiger partial charge is 0.353 e. The van der Waals surface area contributed by atoms with Gasteiger partial charge in [0, 0.05) is 33.2 Å². The van der Waals surface area contributed by atoms with Crippen molar-refractivity contribution in [2.75, 3.05) is 26.7 Å². The number of nitrogens with one attached hydrogen (secondary N) is 2. The predicted octanol–water partition coefficient (Wildman–Crippen LogP) is 1.71. The van der Waals surface area contributed by atoms with Crippen LogP contribution in [0.25, 0.3) is 0 Å². The monoisotopic (exact) mass is 350 g/mol. The number of sulfonamides is 1. The number of aliphatic imine (C=N–C) groups is 1. The van der Waals surface area contributed by atoms with Crippen LogP contribution < -0.4 is 10.6 Å². The van der Waals surface area contributed by atoms with Gasteiger partial charge in [0.2, 0.25) is 10.0 Å². The van der Waals surface area contributed by atoms with Crippen molar-refractivity contribution in [3.63, 3.8) is 0 Å². The summed E-state index contributed by atoms with van der Waals surface area (Å²) in [7, 11) is -1.71. The number of nitrogens with zero attached hydrogens (tertiary/aromatic N) is 2. The molecule has 0 atom stereocenters. The van der Waals surface area contributed by atoms with Gasteiger partial charge in [-0.05, 0) is 30.5 Å². The van der Waals surface area contributed by atoms with E-state index in [1.165, 1.54) is 0 Å². The van der Waals surface area contributed by atoms with E-state index in [0.717, 1.165) is 24.8 Å². The van der Waals surface area contributed by atoms with Crippen LogP contribution in [0.15, 0.2) is 46.8 Å². The van der Waals surface area contributed by atoms with Crippen LogP contribution in [-0.2, 0) is 16.6 Å². The molecule has 24 heavy (non-hydrogen) atoms. The van der Waals surface area contributed by atoms with Gasteiger partial charge in [0.15, 0.2) is 5.96 Å². The Hall–Kier alpha value is -1.86. The van der Waals surface area contributed by atoms with E-state index < -0.39 is 10.0 Å². The molecule has 1 heterocycles. The Kier molecular flexibility index (Phi) is 6.81. The quantitative estimate of drug-likeness (QED) is 0.465. The maximum atomic E-state index is 12.7. The first kappa shape index (κ1) is 18.5. The van der Waals surface area contributed by atoms with Gasteiger partial charge < -0.3 is 10.6 Å². The summed E-state index contributed by atoms with van der Waals surface area (Å²) in [6.07, 6.45) is 4.73. The third-order valence-corrected chi connectivity index (χ3v) is 5.84. The molecule has 0 unspecified atom stereocenters. The van der Waals surface area contributed by atoms with Gasteiger partial charge in [-0.3, -0.25) is 4.99 Å². The molecule has 1 aliphatic heterocycles. The third kappa shape index (κ3) is 4.82. The van der Waals surface area contributed by atoms with E-state index in [1.807, 2.05) is 6.07 Å². The summed E-state index contributed by atoms with van der Waals surface area (Å²) in [5.41, 5.74) is 0.898. The molecule has 6 nitrogen and oxygen atoms in total. The average molecular weight is 350 g/mol. The molecule has 0 radical (unpaired) electrons. The maximum Gasteiger partial charge on any atom is 0.243 e. The zero-order chi connectivity index (χ0) is 17.4. The minimum absolute atomic E-state index is 0.359. The fourth-order valence-corrected chi connectivity index (χ4v) is 4.23. The zero-order valence-electron chi connectivity index (χ0n) is 14.2. The van der Waals surface area contributed by atoms with E-state index in [-0.39, 0.29) is 0 Å². The molecule has 1 saturated heterocycles. The van der Waals surface area contributed by atoms with Crippen LogP contribution >= 0.6 is 0 Å². The van der Waals surface area contributed by atoms with Gasteiger partial charge in [-0.1, -0.05) is 24.6 Å². The molecule has 1 aromatic rings. The van der Waals surface area contributed by atoms with Crippen molar-refractivity contribution in [1.29, 1.82) is 0 Å². The van der Waals surface area contributed by atoms with E-state index in [1.54, 1.807) is 35.6 Å². The highest BCUT2D eigenvalue weighted by atomic mass is 32.2. The first-order valence-corrected chi connectivity index (χ1v) is 9.66. The van der Waals surface area contributed by atoms with Crippen molar-refractivity contribution >= 4 is 16.0 Å². The highest BCUT2D eigenvalue weighted by Crippen LogP contribution is 2.21. The molecule has 1 aliphatic rings. The fraction of sp³-hybridized carbons (Fsp3) is 0.471. The molecule has 7 heteroatoms. The summed E-state index contributed by atoms with van der Waals surface area (Å²) in [6, 6.07) is 7.09. The normalized spacial score (nSPS) is 16.6. The summed E-state index contributed by atoms with van der Waals surface area (Å²) >= 11 is 0. The van der Waals surface area contributed by atoms with Gasteiger partial charge >= 0.3 is 0 Å². The standard InChI is InChI=1S/C17H26N4O2S/c1-3-10-19-17(18-2)20-14-15-8-7-9-16(13-15)24(22,23)21-11-5-4-6-12-21/h3,7-9,13H,1,4-6,10-12,14H2,2H3,(H2,18,19,20). The minimum atomic E-state index is -3.40. The molecule has 0 aromatic heterocycles. The smallest absolute Gasteiger partial charge is 0.243 e. The Bertz CT molecular complexity index is 680. The van der Waals surface area contributed by atoms with Crippen LogP contribution in [-0.4, -0.2) is 45.4 Å². The lowest BCUT2D eigenvalue weighted by Gasteiger charge is -2.26. The molecule has 0 bridgehead atoms. The van der Waals surface area contributed by atoms with Gasteiger partial charge in [-0.15, -0.1) is 6.58 Å². The van der Waals surface area contributed by atoms with E-state index in [9.17, 15) is 8.42 Å². The molecule has 132 valence electrons. The summed E-state index contributed by atoms with van der Waals surface area (Å²) in [5, 5.41) is 6.24. The second-order valence-corrected chi connectivity index (χ2v) is 7.65. The third-order valence-electron chi connectivity index (χ3n) is 3.95. The van der Waals surface area contributed by atoms with Crippen molar-refractivity contribution in [1.82, 2.24) is 14.9 Å². The van der Waals surface area contributed by atoms with Crippen LogP contribution in [0.4, 0.5) is 0 Å². The Balaban J connectivity index is 2.06. The highest BCUT2D eigenvalue weighted by Gasteiger charge is 2.25. The van der Waals surface area contributed by atoms with Gasteiger partial charge in [0.1, 0.15) is 0 Å². The van der Waals surface area contributed by atoms with Crippen LogP contribution in [0.2, 0.25) is 0 Å². The number of hydrogen-bond donors (Lipinski definition) is 2. The van der Waals surface area contributed by atoms with Gasteiger partial charge in [0.05, 0.1) is 4.90 Å². The first-order valence-electron chi connectivity index (χ1n) is 8.22. The molecule has 0 spiro atoms. The minimum Gasteiger partial charge on any atom is -0.353 e. The summed E-state index contributed by atoms with van der Waals surface area (Å²) in [6.45, 7) is 5.99. The zero-order valence-corrected chi connectivity index (χ0v) is 15.0. The Morgan fingerprint density at radius 3 is 2.71 bits per heavy atom. The molecule has 2 N–H and O–H groups in total. The predicted molar refractivity (Wildman–Crippen MR) is 97.5 cm³/mol. The number of benzene rings is 1. The molecule has 1 fully saturated rings. The molecule has 0 amide bonds. The lowest BCUT2D eigenvalue weighted by molar-refractivity contribution is 0.346. The number of guanidine groups is 1. The number of hydrogen-bond acceptors (Lipinski definition) is 3.